The number of nitrogens with one attached hydrogen (secondary N) is 1. The fourth-order valence-electron chi connectivity index (χ4n) is 9.22. The second-order valence-corrected chi connectivity index (χ2v) is 13.7. The average Bonchev–Trinajstić information content (AvgIpc) is 3.68. The second-order valence-electron chi connectivity index (χ2n) is 13.7. The smallest absolute Gasteiger partial charge is 0.0714 e. The van der Waals surface area contributed by atoms with Crippen LogP contribution in [0, 0.1) is 0 Å². The van der Waals surface area contributed by atoms with Crippen molar-refractivity contribution < 1.29 is 0 Å². The first-order valence-electron chi connectivity index (χ1n) is 17.8. The highest BCUT2D eigenvalue weighted by Gasteiger charge is 2.47. The summed E-state index contributed by atoms with van der Waals surface area (Å²) < 4.78 is 0. The summed E-state index contributed by atoms with van der Waals surface area (Å²) in [7, 11) is 0. The van der Waals surface area contributed by atoms with E-state index >= 15 is 0 Å². The monoisotopic (exact) mass is 649 g/mol. The zero-order valence-electron chi connectivity index (χ0n) is 28.1. The van der Waals surface area contributed by atoms with E-state index in [0.717, 1.165) is 11.4 Å². The van der Waals surface area contributed by atoms with Crippen LogP contribution in [0.2, 0.25) is 0 Å². The Morgan fingerprint density at radius 2 is 0.608 bits per heavy atom. The van der Waals surface area contributed by atoms with Crippen molar-refractivity contribution in [2.45, 2.75) is 10.8 Å². The van der Waals surface area contributed by atoms with Crippen LogP contribution in [0.5, 0.6) is 0 Å². The Bertz CT molecular complexity index is 2460. The average molecular weight is 650 g/mol. The molecule has 1 heteroatoms. The van der Waals surface area contributed by atoms with Crippen LogP contribution in [-0.2, 0) is 10.8 Å². The Balaban J connectivity index is 1.08. The molecule has 51 heavy (non-hydrogen) atoms. The van der Waals surface area contributed by atoms with Crippen molar-refractivity contribution in [2.24, 2.45) is 0 Å². The summed E-state index contributed by atoms with van der Waals surface area (Å²) in [5.41, 5.74) is 16.8. The maximum absolute atomic E-state index is 3.79. The molecule has 8 aromatic carbocycles. The molecule has 0 unspecified atom stereocenters. The van der Waals surface area contributed by atoms with E-state index in [1.807, 2.05) is 0 Å². The summed E-state index contributed by atoms with van der Waals surface area (Å²) in [6.45, 7) is 0. The molecule has 0 spiro atoms. The molecule has 1 nitrogen and oxygen atoms in total. The fraction of sp³-hybridized carbons (Fsp3) is 0.0400. The molecular formula is C50H35N. The molecule has 0 aromatic heterocycles. The van der Waals surface area contributed by atoms with E-state index in [1.54, 1.807) is 0 Å². The molecule has 0 heterocycles. The SMILES string of the molecule is c1ccc(C2(c3ccc(Nc4cccc(C5(c6ccccc6)c6ccccc6-c6ccccc65)c4)cc3)c3ccccc3-c3ccccc32)cc1. The predicted octanol–water partition coefficient (Wildman–Crippen LogP) is 12.2. The van der Waals surface area contributed by atoms with Gasteiger partial charge in [-0.2, -0.15) is 0 Å². The molecule has 0 radical (unpaired) electrons. The molecule has 0 aliphatic heterocycles. The highest BCUT2D eigenvalue weighted by Crippen LogP contribution is 2.57. The number of rotatable bonds is 6. The zero-order valence-corrected chi connectivity index (χ0v) is 28.1. The highest BCUT2D eigenvalue weighted by molar-refractivity contribution is 5.88. The van der Waals surface area contributed by atoms with Gasteiger partial charge in [0.15, 0.2) is 0 Å². The number of hydrogen-bond donors (Lipinski definition) is 1. The number of benzene rings is 8. The Hall–Kier alpha value is -6.44. The molecule has 2 aliphatic carbocycles. The van der Waals surface area contributed by atoms with Crippen LogP contribution in [-0.4, -0.2) is 0 Å². The number of anilines is 2. The third-order valence-electron chi connectivity index (χ3n) is 11.2. The maximum atomic E-state index is 3.79. The van der Waals surface area contributed by atoms with Gasteiger partial charge < -0.3 is 5.32 Å². The molecule has 0 amide bonds. The van der Waals surface area contributed by atoms with Crippen LogP contribution in [0.4, 0.5) is 11.4 Å². The summed E-state index contributed by atoms with van der Waals surface area (Å²) in [5, 5.41) is 3.79. The van der Waals surface area contributed by atoms with Gasteiger partial charge in [-0.3, -0.25) is 0 Å². The molecule has 8 aromatic rings. The van der Waals surface area contributed by atoms with Gasteiger partial charge in [0.2, 0.25) is 0 Å². The van der Waals surface area contributed by atoms with Crippen molar-refractivity contribution in [3.63, 3.8) is 0 Å². The standard InChI is InChI=1S/C50H35N/c1-3-16-35(17-4-1)49(45-26-11-7-22-41(45)42-23-8-12-27-46(42)49)37-30-32-39(33-31-37)51-40-21-15-20-38(34-40)50(36-18-5-2-6-19-36)47-28-13-9-24-43(47)44-25-10-14-29-48(44)50/h1-34,51H. The van der Waals surface area contributed by atoms with Gasteiger partial charge in [0, 0.05) is 11.4 Å². The first-order chi connectivity index (χ1) is 25.3. The summed E-state index contributed by atoms with van der Waals surface area (Å²) >= 11 is 0. The van der Waals surface area contributed by atoms with Crippen LogP contribution in [0.3, 0.4) is 0 Å². The van der Waals surface area contributed by atoms with Gasteiger partial charge in [-0.05, 0) is 91.0 Å². The van der Waals surface area contributed by atoms with Crippen LogP contribution in [0.15, 0.2) is 206 Å². The van der Waals surface area contributed by atoms with Crippen molar-refractivity contribution in [1.29, 1.82) is 0 Å². The third kappa shape index (κ3) is 4.22. The van der Waals surface area contributed by atoms with Crippen molar-refractivity contribution in [3.05, 3.63) is 251 Å². The van der Waals surface area contributed by atoms with Crippen molar-refractivity contribution >= 4 is 11.4 Å². The molecule has 10 rings (SSSR count). The largest absolute Gasteiger partial charge is 0.356 e. The molecule has 1 N–H and O–H groups in total. The lowest BCUT2D eigenvalue weighted by Crippen LogP contribution is -2.28. The number of hydrogen-bond acceptors (Lipinski definition) is 1. The van der Waals surface area contributed by atoms with Gasteiger partial charge >= 0.3 is 0 Å². The van der Waals surface area contributed by atoms with Gasteiger partial charge in [-0.1, -0.05) is 182 Å². The lowest BCUT2D eigenvalue weighted by Gasteiger charge is -2.34. The highest BCUT2D eigenvalue weighted by atomic mass is 14.9. The zero-order chi connectivity index (χ0) is 33.8. The quantitative estimate of drug-likeness (QED) is 0.189. The maximum Gasteiger partial charge on any atom is 0.0714 e. The van der Waals surface area contributed by atoms with E-state index in [2.05, 4.69) is 212 Å². The van der Waals surface area contributed by atoms with Crippen LogP contribution >= 0.6 is 0 Å². The summed E-state index contributed by atoms with van der Waals surface area (Å²) in [6, 6.07) is 75.7. The fourth-order valence-corrected chi connectivity index (χ4v) is 9.22. The van der Waals surface area contributed by atoms with Crippen molar-refractivity contribution in [2.75, 3.05) is 5.32 Å². The molecule has 240 valence electrons. The van der Waals surface area contributed by atoms with Gasteiger partial charge in [0.05, 0.1) is 10.8 Å². The minimum absolute atomic E-state index is 0.405. The minimum atomic E-state index is -0.429. The second kappa shape index (κ2) is 11.6. The van der Waals surface area contributed by atoms with Crippen LogP contribution < -0.4 is 5.32 Å². The van der Waals surface area contributed by atoms with E-state index in [4.69, 9.17) is 0 Å². The van der Waals surface area contributed by atoms with E-state index in [9.17, 15) is 0 Å². The van der Waals surface area contributed by atoms with E-state index in [-0.39, 0.29) is 0 Å². The molecule has 0 bridgehead atoms. The van der Waals surface area contributed by atoms with Gasteiger partial charge in [-0.15, -0.1) is 0 Å². The lowest BCUT2D eigenvalue weighted by atomic mass is 9.67. The predicted molar refractivity (Wildman–Crippen MR) is 211 cm³/mol. The Kier molecular flexibility index (Phi) is 6.69. The normalized spacial score (nSPS) is 14.2. The lowest BCUT2D eigenvalue weighted by molar-refractivity contribution is 0.768. The molecule has 0 saturated carbocycles. The Morgan fingerprint density at radius 1 is 0.255 bits per heavy atom. The topological polar surface area (TPSA) is 12.0 Å². The summed E-state index contributed by atoms with van der Waals surface area (Å²) in [5.74, 6) is 0. The first-order valence-corrected chi connectivity index (χ1v) is 17.8. The van der Waals surface area contributed by atoms with Crippen LogP contribution in [0.1, 0.15) is 44.5 Å². The van der Waals surface area contributed by atoms with Gasteiger partial charge in [-0.25, -0.2) is 0 Å². The van der Waals surface area contributed by atoms with Gasteiger partial charge in [0.25, 0.3) is 0 Å². The summed E-state index contributed by atoms with van der Waals surface area (Å²) in [6.07, 6.45) is 0. The van der Waals surface area contributed by atoms with Crippen LogP contribution in [0.25, 0.3) is 22.3 Å². The van der Waals surface area contributed by atoms with E-state index < -0.39 is 10.8 Å². The molecule has 0 fully saturated rings. The Labute approximate surface area is 299 Å². The van der Waals surface area contributed by atoms with E-state index in [0.29, 0.717) is 0 Å². The van der Waals surface area contributed by atoms with Crippen molar-refractivity contribution in [1.82, 2.24) is 0 Å². The first kappa shape index (κ1) is 29.5. The number of fused-ring (bicyclic) bond motifs is 6. The Morgan fingerprint density at radius 3 is 1.06 bits per heavy atom. The molecule has 2 aliphatic rings. The summed E-state index contributed by atoms with van der Waals surface area (Å²) in [4.78, 5) is 0. The van der Waals surface area contributed by atoms with Crippen molar-refractivity contribution in [3.8, 4) is 22.3 Å². The molecule has 0 saturated heterocycles. The van der Waals surface area contributed by atoms with E-state index in [1.165, 1.54) is 66.8 Å². The minimum Gasteiger partial charge on any atom is -0.356 e. The third-order valence-corrected chi connectivity index (χ3v) is 11.2. The molecular weight excluding hydrogens is 615 g/mol. The molecule has 0 atom stereocenters. The van der Waals surface area contributed by atoms with Gasteiger partial charge in [0.1, 0.15) is 0 Å².